The summed E-state index contributed by atoms with van der Waals surface area (Å²) in [6, 6.07) is 6.23. The van der Waals surface area contributed by atoms with Gasteiger partial charge >= 0.3 is 0 Å². The first-order valence-corrected chi connectivity index (χ1v) is 6.35. The third kappa shape index (κ3) is 3.20. The molecule has 1 aliphatic rings. The van der Waals surface area contributed by atoms with E-state index < -0.39 is 0 Å². The number of hydrogen-bond acceptors (Lipinski definition) is 4. The predicted octanol–water partition coefficient (Wildman–Crippen LogP) is 1.23. The summed E-state index contributed by atoms with van der Waals surface area (Å²) < 4.78 is 0. The maximum absolute atomic E-state index is 11.0. The van der Waals surface area contributed by atoms with E-state index in [0.717, 1.165) is 31.7 Å². The minimum Gasteiger partial charge on any atom is -0.357 e. The minimum absolute atomic E-state index is 0.0934. The first-order chi connectivity index (χ1) is 8.66. The van der Waals surface area contributed by atoms with E-state index in [1.54, 1.807) is 6.07 Å². The van der Waals surface area contributed by atoms with Crippen LogP contribution in [0.5, 0.6) is 0 Å². The molecule has 0 aliphatic carbocycles. The van der Waals surface area contributed by atoms with Crippen molar-refractivity contribution in [3.8, 4) is 0 Å². The van der Waals surface area contributed by atoms with Crippen LogP contribution in [0.15, 0.2) is 18.2 Å². The molecule has 0 spiro atoms. The van der Waals surface area contributed by atoms with Gasteiger partial charge in [-0.15, -0.1) is 0 Å². The molecule has 1 amide bonds. The fourth-order valence-electron chi connectivity index (χ4n) is 2.25. The molecule has 1 fully saturated rings. The number of hydrogen-bond donors (Lipinski definition) is 2. The number of carbonyl (C=O) groups is 1. The molecule has 0 bridgehead atoms. The second-order valence-corrected chi connectivity index (χ2v) is 4.65. The highest BCUT2D eigenvalue weighted by Gasteiger charge is 2.18. The molecule has 0 saturated carbocycles. The summed E-state index contributed by atoms with van der Waals surface area (Å²) in [6.45, 7) is 3.60. The second-order valence-electron chi connectivity index (χ2n) is 4.65. The fraction of sp³-hybridized carbons (Fsp3) is 0.538. The molecule has 1 aromatic rings. The Morgan fingerprint density at radius 3 is 2.83 bits per heavy atom. The number of piperidine rings is 1. The summed E-state index contributed by atoms with van der Waals surface area (Å²) in [4.78, 5) is 17.7. The van der Waals surface area contributed by atoms with Gasteiger partial charge in [-0.25, -0.2) is 4.98 Å². The molecule has 0 radical (unpaired) electrons. The average molecular weight is 248 g/mol. The van der Waals surface area contributed by atoms with Crippen LogP contribution in [0.1, 0.15) is 19.8 Å². The quantitative estimate of drug-likeness (QED) is 0.844. The normalized spacial score (nSPS) is 16.3. The molecule has 2 rings (SSSR count). The van der Waals surface area contributed by atoms with E-state index in [-0.39, 0.29) is 5.91 Å². The Balaban J connectivity index is 2.09. The van der Waals surface area contributed by atoms with E-state index >= 15 is 0 Å². The smallest absolute Gasteiger partial charge is 0.222 e. The van der Waals surface area contributed by atoms with Crippen molar-refractivity contribution >= 4 is 17.5 Å². The second kappa shape index (κ2) is 5.82. The van der Waals surface area contributed by atoms with Gasteiger partial charge < -0.3 is 15.5 Å². The van der Waals surface area contributed by atoms with E-state index in [2.05, 4.69) is 27.6 Å². The van der Waals surface area contributed by atoms with Crippen LogP contribution in [0.25, 0.3) is 0 Å². The zero-order valence-corrected chi connectivity index (χ0v) is 10.9. The number of nitrogens with one attached hydrogen (secondary N) is 2. The summed E-state index contributed by atoms with van der Waals surface area (Å²) in [7, 11) is 2.07. The fourth-order valence-corrected chi connectivity index (χ4v) is 2.25. The van der Waals surface area contributed by atoms with Crippen molar-refractivity contribution < 1.29 is 4.79 Å². The SMILES string of the molecule is CC(=O)Nc1cccc(N(C)C2CCNCC2)n1. The monoisotopic (exact) mass is 248 g/mol. The molecule has 98 valence electrons. The van der Waals surface area contributed by atoms with Gasteiger partial charge in [-0.2, -0.15) is 0 Å². The maximum Gasteiger partial charge on any atom is 0.222 e. The largest absolute Gasteiger partial charge is 0.357 e. The van der Waals surface area contributed by atoms with Crippen LogP contribution in [0, 0.1) is 0 Å². The van der Waals surface area contributed by atoms with Crippen molar-refractivity contribution in [2.45, 2.75) is 25.8 Å². The number of anilines is 2. The Hall–Kier alpha value is -1.62. The summed E-state index contributed by atoms with van der Waals surface area (Å²) >= 11 is 0. The molecule has 0 atom stereocenters. The molecule has 5 heteroatoms. The molecule has 18 heavy (non-hydrogen) atoms. The molecular weight excluding hydrogens is 228 g/mol. The third-order valence-corrected chi connectivity index (χ3v) is 3.26. The number of rotatable bonds is 3. The van der Waals surface area contributed by atoms with Crippen LogP contribution in [0.3, 0.4) is 0 Å². The summed E-state index contributed by atoms with van der Waals surface area (Å²) in [6.07, 6.45) is 2.26. The van der Waals surface area contributed by atoms with E-state index in [1.165, 1.54) is 6.92 Å². The van der Waals surface area contributed by atoms with Gasteiger partial charge in [-0.3, -0.25) is 4.79 Å². The van der Waals surface area contributed by atoms with Crippen molar-refractivity contribution in [3.63, 3.8) is 0 Å². The summed E-state index contributed by atoms with van der Waals surface area (Å²) in [5.74, 6) is 1.43. The number of pyridine rings is 1. The van der Waals surface area contributed by atoms with Gasteiger partial charge in [0.25, 0.3) is 0 Å². The topological polar surface area (TPSA) is 57.3 Å². The lowest BCUT2D eigenvalue weighted by atomic mass is 10.1. The van der Waals surface area contributed by atoms with Crippen molar-refractivity contribution in [3.05, 3.63) is 18.2 Å². The van der Waals surface area contributed by atoms with Gasteiger partial charge in [0, 0.05) is 20.0 Å². The van der Waals surface area contributed by atoms with Crippen LogP contribution in [-0.4, -0.2) is 37.1 Å². The van der Waals surface area contributed by atoms with Gasteiger partial charge in [0.05, 0.1) is 0 Å². The molecule has 1 aliphatic heterocycles. The lowest BCUT2D eigenvalue weighted by molar-refractivity contribution is -0.114. The van der Waals surface area contributed by atoms with Gasteiger partial charge in [0.1, 0.15) is 11.6 Å². The highest BCUT2D eigenvalue weighted by atomic mass is 16.1. The van der Waals surface area contributed by atoms with E-state index in [1.807, 2.05) is 12.1 Å². The molecule has 2 heterocycles. The maximum atomic E-state index is 11.0. The predicted molar refractivity (Wildman–Crippen MR) is 72.8 cm³/mol. The Labute approximate surface area is 108 Å². The lowest BCUT2D eigenvalue weighted by Crippen LogP contribution is -2.41. The zero-order valence-electron chi connectivity index (χ0n) is 10.9. The Bertz CT molecular complexity index is 415. The van der Waals surface area contributed by atoms with Gasteiger partial charge in [0.15, 0.2) is 0 Å². The van der Waals surface area contributed by atoms with Crippen LogP contribution in [-0.2, 0) is 4.79 Å². The number of carbonyl (C=O) groups excluding carboxylic acids is 1. The molecule has 1 aromatic heterocycles. The van der Waals surface area contributed by atoms with Crippen LogP contribution < -0.4 is 15.5 Å². The van der Waals surface area contributed by atoms with E-state index in [0.29, 0.717) is 11.9 Å². The number of aromatic nitrogens is 1. The highest BCUT2D eigenvalue weighted by molar-refractivity contribution is 5.87. The molecule has 1 saturated heterocycles. The van der Waals surface area contributed by atoms with E-state index in [4.69, 9.17) is 0 Å². The molecule has 0 aromatic carbocycles. The lowest BCUT2D eigenvalue weighted by Gasteiger charge is -2.32. The molecule has 5 nitrogen and oxygen atoms in total. The van der Waals surface area contributed by atoms with Crippen LogP contribution in [0.2, 0.25) is 0 Å². The number of amides is 1. The standard InChI is InChI=1S/C13H20N4O/c1-10(18)15-12-4-3-5-13(16-12)17(2)11-6-8-14-9-7-11/h3-5,11,14H,6-9H2,1-2H3,(H,15,16,18). The number of nitrogens with zero attached hydrogens (tertiary/aromatic N) is 2. The molecule has 2 N–H and O–H groups in total. The first-order valence-electron chi connectivity index (χ1n) is 6.35. The third-order valence-electron chi connectivity index (χ3n) is 3.26. The van der Waals surface area contributed by atoms with Crippen molar-refractivity contribution in [2.24, 2.45) is 0 Å². The van der Waals surface area contributed by atoms with Crippen LogP contribution in [0.4, 0.5) is 11.6 Å². The Kier molecular flexibility index (Phi) is 4.15. The minimum atomic E-state index is -0.0934. The molecular formula is C13H20N4O. The highest BCUT2D eigenvalue weighted by Crippen LogP contribution is 2.19. The van der Waals surface area contributed by atoms with Crippen molar-refractivity contribution in [1.82, 2.24) is 10.3 Å². The van der Waals surface area contributed by atoms with Crippen LogP contribution >= 0.6 is 0 Å². The first kappa shape index (κ1) is 12.8. The zero-order chi connectivity index (χ0) is 13.0. The van der Waals surface area contributed by atoms with Gasteiger partial charge in [-0.1, -0.05) is 6.07 Å². The van der Waals surface area contributed by atoms with E-state index in [9.17, 15) is 4.79 Å². The summed E-state index contributed by atoms with van der Waals surface area (Å²) in [5, 5.41) is 6.07. The Morgan fingerprint density at radius 1 is 1.44 bits per heavy atom. The van der Waals surface area contributed by atoms with Crippen molar-refractivity contribution in [2.75, 3.05) is 30.4 Å². The van der Waals surface area contributed by atoms with Gasteiger partial charge in [-0.05, 0) is 38.1 Å². The average Bonchev–Trinajstić information content (AvgIpc) is 2.38. The molecule has 0 unspecified atom stereocenters. The Morgan fingerprint density at radius 2 is 2.17 bits per heavy atom. The van der Waals surface area contributed by atoms with Crippen molar-refractivity contribution in [1.29, 1.82) is 0 Å². The van der Waals surface area contributed by atoms with Gasteiger partial charge in [0.2, 0.25) is 5.91 Å². The summed E-state index contributed by atoms with van der Waals surface area (Å²) in [5.41, 5.74) is 0.